The van der Waals surface area contributed by atoms with Gasteiger partial charge in [-0.3, -0.25) is 0 Å². The molecule has 1 aromatic rings. The van der Waals surface area contributed by atoms with E-state index in [2.05, 4.69) is 68.5 Å². The molecule has 0 heterocycles. The number of hydrogen-bond donors (Lipinski definition) is 1. The maximum absolute atomic E-state index is 3.38. The Morgan fingerprint density at radius 3 is 2.07 bits per heavy atom. The van der Waals surface area contributed by atoms with Crippen LogP contribution in [-0.2, 0) is 0 Å². The van der Waals surface area contributed by atoms with Crippen molar-refractivity contribution in [2.75, 3.05) is 21.1 Å². The van der Waals surface area contributed by atoms with Gasteiger partial charge in [0.2, 0.25) is 0 Å². The zero-order chi connectivity index (χ0) is 11.5. The number of likely N-dealkylation sites (N-methyl/N-ethyl adjacent to an activating group) is 2. The van der Waals surface area contributed by atoms with E-state index in [4.69, 9.17) is 0 Å². The number of hydrogen-bond acceptors (Lipinski definition) is 2. The number of nitrogens with one attached hydrogen (secondary N) is 1. The molecule has 0 saturated carbocycles. The number of benzene rings is 1. The Morgan fingerprint density at radius 1 is 1.13 bits per heavy atom. The second kappa shape index (κ2) is 4.77. The minimum absolute atomic E-state index is 0.0604. The molecule has 0 fully saturated rings. The molecule has 15 heavy (non-hydrogen) atoms. The van der Waals surface area contributed by atoms with E-state index in [-0.39, 0.29) is 5.54 Å². The third-order valence-corrected chi connectivity index (χ3v) is 2.96. The minimum Gasteiger partial charge on any atom is -0.313 e. The highest BCUT2D eigenvalue weighted by atomic mass is 15.2. The molecule has 0 amide bonds. The maximum Gasteiger partial charge on any atom is 0.0519 e. The van der Waals surface area contributed by atoms with E-state index >= 15 is 0 Å². The molecule has 0 spiro atoms. The molecule has 0 aliphatic rings. The fraction of sp³-hybridized carbons (Fsp3) is 0.538. The summed E-state index contributed by atoms with van der Waals surface area (Å²) in [4.78, 5) is 2.26. The lowest BCUT2D eigenvalue weighted by Crippen LogP contribution is -2.48. The van der Waals surface area contributed by atoms with Crippen LogP contribution in [0.15, 0.2) is 30.3 Å². The fourth-order valence-corrected chi connectivity index (χ4v) is 2.13. The van der Waals surface area contributed by atoms with E-state index < -0.39 is 0 Å². The van der Waals surface area contributed by atoms with Crippen molar-refractivity contribution in [2.45, 2.75) is 25.4 Å². The maximum atomic E-state index is 3.38. The lowest BCUT2D eigenvalue weighted by molar-refractivity contribution is 0.177. The van der Waals surface area contributed by atoms with Gasteiger partial charge in [0, 0.05) is 5.54 Å². The summed E-state index contributed by atoms with van der Waals surface area (Å²) in [5.74, 6) is 0. The predicted molar refractivity (Wildman–Crippen MR) is 66.0 cm³/mol. The van der Waals surface area contributed by atoms with Crippen molar-refractivity contribution in [2.24, 2.45) is 0 Å². The van der Waals surface area contributed by atoms with Crippen LogP contribution >= 0.6 is 0 Å². The molecule has 1 rings (SSSR count). The molecule has 2 heteroatoms. The number of rotatable bonds is 4. The quantitative estimate of drug-likeness (QED) is 0.813. The smallest absolute Gasteiger partial charge is 0.0519 e. The van der Waals surface area contributed by atoms with Crippen molar-refractivity contribution in [1.29, 1.82) is 0 Å². The molecule has 0 aromatic heterocycles. The molecule has 1 atom stereocenters. The van der Waals surface area contributed by atoms with Crippen molar-refractivity contribution < 1.29 is 0 Å². The summed E-state index contributed by atoms with van der Waals surface area (Å²) in [6.07, 6.45) is 0. The van der Waals surface area contributed by atoms with Crippen molar-refractivity contribution in [3.63, 3.8) is 0 Å². The van der Waals surface area contributed by atoms with Crippen LogP contribution in [0.3, 0.4) is 0 Å². The normalized spacial score (nSPS) is 14.3. The minimum atomic E-state index is 0.0604. The lowest BCUT2D eigenvalue weighted by Gasteiger charge is -2.39. The van der Waals surface area contributed by atoms with Gasteiger partial charge in [0.15, 0.2) is 0 Å². The Labute approximate surface area is 93.3 Å². The van der Waals surface area contributed by atoms with Gasteiger partial charge >= 0.3 is 0 Å². The first kappa shape index (κ1) is 12.2. The largest absolute Gasteiger partial charge is 0.313 e. The molecule has 0 bridgehead atoms. The average Bonchev–Trinajstić information content (AvgIpc) is 2.18. The van der Waals surface area contributed by atoms with Crippen LogP contribution in [0.2, 0.25) is 0 Å². The van der Waals surface area contributed by atoms with Gasteiger partial charge in [0.25, 0.3) is 0 Å². The summed E-state index contributed by atoms with van der Waals surface area (Å²) in [5.41, 5.74) is 1.41. The summed E-state index contributed by atoms with van der Waals surface area (Å²) in [6.45, 7) is 4.45. The van der Waals surface area contributed by atoms with E-state index in [9.17, 15) is 0 Å². The van der Waals surface area contributed by atoms with Crippen LogP contribution in [0.4, 0.5) is 0 Å². The fourth-order valence-electron chi connectivity index (χ4n) is 2.13. The first-order valence-corrected chi connectivity index (χ1v) is 5.39. The highest BCUT2D eigenvalue weighted by Crippen LogP contribution is 2.29. The zero-order valence-corrected chi connectivity index (χ0v) is 10.4. The van der Waals surface area contributed by atoms with Gasteiger partial charge in [-0.2, -0.15) is 0 Å². The molecule has 0 aliphatic heterocycles. The monoisotopic (exact) mass is 206 g/mol. The molecule has 2 nitrogen and oxygen atoms in total. The van der Waals surface area contributed by atoms with Crippen LogP contribution in [0.25, 0.3) is 0 Å². The summed E-state index contributed by atoms with van der Waals surface area (Å²) in [6, 6.07) is 11.0. The van der Waals surface area contributed by atoms with Gasteiger partial charge in [-0.25, -0.2) is 0 Å². The van der Waals surface area contributed by atoms with Gasteiger partial charge < -0.3 is 10.2 Å². The molecule has 1 N–H and O–H groups in total. The highest BCUT2D eigenvalue weighted by molar-refractivity contribution is 5.22. The van der Waals surface area contributed by atoms with E-state index in [0.29, 0.717) is 6.04 Å². The Balaban J connectivity index is 3.04. The van der Waals surface area contributed by atoms with E-state index in [1.165, 1.54) is 5.56 Å². The predicted octanol–water partition coefficient (Wildman–Crippen LogP) is 2.29. The molecule has 0 aliphatic carbocycles. The van der Waals surface area contributed by atoms with Gasteiger partial charge in [-0.05, 0) is 40.6 Å². The summed E-state index contributed by atoms with van der Waals surface area (Å²) in [7, 11) is 6.26. The standard InChI is InChI=1S/C13H22N2/c1-13(2,14-3)12(15(4)5)11-9-7-6-8-10-11/h6-10,12,14H,1-5H3. The van der Waals surface area contributed by atoms with Crippen LogP contribution < -0.4 is 5.32 Å². The Bertz CT molecular complexity index is 291. The molecular weight excluding hydrogens is 184 g/mol. The van der Waals surface area contributed by atoms with Gasteiger partial charge in [-0.1, -0.05) is 30.3 Å². The first-order valence-electron chi connectivity index (χ1n) is 5.39. The molecule has 84 valence electrons. The zero-order valence-electron chi connectivity index (χ0n) is 10.4. The average molecular weight is 206 g/mol. The van der Waals surface area contributed by atoms with Crippen LogP contribution in [0.1, 0.15) is 25.5 Å². The molecule has 1 unspecified atom stereocenters. The second-order valence-corrected chi connectivity index (χ2v) is 4.75. The SMILES string of the molecule is CNC(C)(C)C(c1ccccc1)N(C)C. The van der Waals surface area contributed by atoms with Crippen LogP contribution in [0, 0.1) is 0 Å². The Kier molecular flexibility index (Phi) is 3.89. The van der Waals surface area contributed by atoms with Crippen LogP contribution in [0.5, 0.6) is 0 Å². The van der Waals surface area contributed by atoms with Crippen molar-refractivity contribution in [3.05, 3.63) is 35.9 Å². The van der Waals surface area contributed by atoms with E-state index in [0.717, 1.165) is 0 Å². The summed E-state index contributed by atoms with van der Waals surface area (Å²) in [5, 5.41) is 3.38. The second-order valence-electron chi connectivity index (χ2n) is 4.75. The van der Waals surface area contributed by atoms with Gasteiger partial charge in [0.05, 0.1) is 6.04 Å². The molecular formula is C13H22N2. The summed E-state index contributed by atoms with van der Waals surface area (Å²) < 4.78 is 0. The molecule has 0 saturated heterocycles. The van der Waals surface area contributed by atoms with Gasteiger partial charge in [0.1, 0.15) is 0 Å². The Hall–Kier alpha value is -0.860. The third-order valence-electron chi connectivity index (χ3n) is 2.96. The first-order chi connectivity index (χ1) is 6.99. The van der Waals surface area contributed by atoms with Gasteiger partial charge in [-0.15, -0.1) is 0 Å². The Morgan fingerprint density at radius 2 is 1.67 bits per heavy atom. The van der Waals surface area contributed by atoms with Crippen molar-refractivity contribution in [3.8, 4) is 0 Å². The van der Waals surface area contributed by atoms with E-state index in [1.807, 2.05) is 7.05 Å². The highest BCUT2D eigenvalue weighted by Gasteiger charge is 2.30. The van der Waals surface area contributed by atoms with Crippen molar-refractivity contribution in [1.82, 2.24) is 10.2 Å². The lowest BCUT2D eigenvalue weighted by atomic mass is 9.88. The molecule has 0 radical (unpaired) electrons. The topological polar surface area (TPSA) is 15.3 Å². The number of nitrogens with zero attached hydrogens (tertiary/aromatic N) is 1. The van der Waals surface area contributed by atoms with Crippen molar-refractivity contribution >= 4 is 0 Å². The van der Waals surface area contributed by atoms with E-state index in [1.54, 1.807) is 0 Å². The summed E-state index contributed by atoms with van der Waals surface area (Å²) >= 11 is 0. The third kappa shape index (κ3) is 2.80. The molecule has 1 aromatic carbocycles. The van der Waals surface area contributed by atoms with Crippen LogP contribution in [-0.4, -0.2) is 31.6 Å².